The van der Waals surface area contributed by atoms with Gasteiger partial charge in [-0.05, 0) is 24.5 Å². The molecule has 2 aromatic rings. The molecule has 0 unspecified atom stereocenters. The first-order valence-corrected chi connectivity index (χ1v) is 5.58. The highest BCUT2D eigenvalue weighted by atomic mass is 32.2. The van der Waals surface area contributed by atoms with Crippen LogP contribution >= 0.6 is 11.8 Å². The molecule has 0 amide bonds. The molecule has 5 heteroatoms. The molecule has 0 fully saturated rings. The van der Waals surface area contributed by atoms with Gasteiger partial charge < -0.3 is 0 Å². The molecule has 0 saturated carbocycles. The number of benzene rings is 1. The molecule has 0 saturated heterocycles. The lowest BCUT2D eigenvalue weighted by molar-refractivity contribution is 0.111. The van der Waals surface area contributed by atoms with E-state index in [1.54, 1.807) is 22.6 Å². The van der Waals surface area contributed by atoms with Crippen LogP contribution in [-0.4, -0.2) is 27.5 Å². The summed E-state index contributed by atoms with van der Waals surface area (Å²) in [6.45, 7) is 0. The second-order valence-corrected chi connectivity index (χ2v) is 3.79. The van der Waals surface area contributed by atoms with Crippen molar-refractivity contribution in [1.29, 1.82) is 0 Å². The van der Waals surface area contributed by atoms with Crippen LogP contribution in [0.2, 0.25) is 0 Å². The molecule has 15 heavy (non-hydrogen) atoms. The number of carbonyl (C=O) groups is 1. The molecule has 0 N–H and O–H groups in total. The van der Waals surface area contributed by atoms with Crippen molar-refractivity contribution >= 4 is 18.0 Å². The zero-order chi connectivity index (χ0) is 10.7. The van der Waals surface area contributed by atoms with Gasteiger partial charge in [0.2, 0.25) is 0 Å². The lowest BCUT2D eigenvalue weighted by Crippen LogP contribution is -1.94. The maximum absolute atomic E-state index is 10.5. The first-order chi connectivity index (χ1) is 7.33. The van der Waals surface area contributed by atoms with Gasteiger partial charge >= 0.3 is 0 Å². The summed E-state index contributed by atoms with van der Waals surface area (Å²) in [4.78, 5) is 11.6. The molecule has 0 aliphatic rings. The average Bonchev–Trinajstić information content (AvgIpc) is 2.78. The number of rotatable bonds is 3. The van der Waals surface area contributed by atoms with Gasteiger partial charge in [-0.25, -0.2) is 4.68 Å². The standard InChI is InChI=1S/C10H9N3OS/c1-15-10-4-2-3-9(5-10)13-6-8(7-14)11-12-13/h2-7H,1H3. The molecule has 0 radical (unpaired) electrons. The predicted octanol–water partition coefficient (Wildman–Crippen LogP) is 1.80. The summed E-state index contributed by atoms with van der Waals surface area (Å²) in [5.74, 6) is 0. The van der Waals surface area contributed by atoms with Gasteiger partial charge in [0.25, 0.3) is 0 Å². The highest BCUT2D eigenvalue weighted by Crippen LogP contribution is 2.17. The first kappa shape index (κ1) is 9.92. The van der Waals surface area contributed by atoms with E-state index in [2.05, 4.69) is 10.3 Å². The van der Waals surface area contributed by atoms with Gasteiger partial charge in [-0.2, -0.15) is 0 Å². The van der Waals surface area contributed by atoms with Crippen molar-refractivity contribution in [3.63, 3.8) is 0 Å². The van der Waals surface area contributed by atoms with E-state index in [1.807, 2.05) is 30.5 Å². The zero-order valence-corrected chi connectivity index (χ0v) is 8.94. The Bertz CT molecular complexity index is 481. The Kier molecular flexibility index (Phi) is 2.82. The molecule has 2 rings (SSSR count). The summed E-state index contributed by atoms with van der Waals surface area (Å²) in [6.07, 6.45) is 4.30. The van der Waals surface area contributed by atoms with Crippen LogP contribution in [0.1, 0.15) is 10.5 Å². The van der Waals surface area contributed by atoms with Crippen LogP contribution in [0.25, 0.3) is 5.69 Å². The molecule has 1 aromatic carbocycles. The van der Waals surface area contributed by atoms with Crippen LogP contribution in [0.15, 0.2) is 35.4 Å². The Balaban J connectivity index is 2.39. The van der Waals surface area contributed by atoms with E-state index >= 15 is 0 Å². The highest BCUT2D eigenvalue weighted by Gasteiger charge is 2.01. The number of thioether (sulfide) groups is 1. The minimum atomic E-state index is 0.338. The Morgan fingerprint density at radius 1 is 1.47 bits per heavy atom. The smallest absolute Gasteiger partial charge is 0.171 e. The summed E-state index contributed by atoms with van der Waals surface area (Å²) < 4.78 is 1.59. The molecule has 0 aliphatic carbocycles. The Labute approximate surface area is 91.3 Å². The van der Waals surface area contributed by atoms with E-state index in [1.165, 1.54) is 0 Å². The van der Waals surface area contributed by atoms with E-state index in [4.69, 9.17) is 0 Å². The fraction of sp³-hybridized carbons (Fsp3) is 0.100. The number of hydrogen-bond donors (Lipinski definition) is 0. The van der Waals surface area contributed by atoms with E-state index < -0.39 is 0 Å². The van der Waals surface area contributed by atoms with Crippen molar-refractivity contribution in [2.24, 2.45) is 0 Å². The molecule has 0 bridgehead atoms. The topological polar surface area (TPSA) is 47.8 Å². The normalized spacial score (nSPS) is 10.2. The van der Waals surface area contributed by atoms with Crippen molar-refractivity contribution in [2.45, 2.75) is 4.90 Å². The largest absolute Gasteiger partial charge is 0.296 e. The average molecular weight is 219 g/mol. The van der Waals surface area contributed by atoms with E-state index in [0.717, 1.165) is 10.6 Å². The minimum Gasteiger partial charge on any atom is -0.296 e. The lowest BCUT2D eigenvalue weighted by Gasteiger charge is -2.01. The maximum Gasteiger partial charge on any atom is 0.171 e. The van der Waals surface area contributed by atoms with Crippen LogP contribution in [0, 0.1) is 0 Å². The Morgan fingerprint density at radius 2 is 2.33 bits per heavy atom. The van der Waals surface area contributed by atoms with Crippen LogP contribution < -0.4 is 0 Å². The maximum atomic E-state index is 10.5. The number of aromatic nitrogens is 3. The third kappa shape index (κ3) is 2.07. The number of aldehydes is 1. The van der Waals surface area contributed by atoms with Gasteiger partial charge in [0.05, 0.1) is 11.9 Å². The van der Waals surface area contributed by atoms with Crippen molar-refractivity contribution in [2.75, 3.05) is 6.26 Å². The van der Waals surface area contributed by atoms with Crippen molar-refractivity contribution in [3.05, 3.63) is 36.2 Å². The molecular formula is C10H9N3OS. The van der Waals surface area contributed by atoms with Gasteiger partial charge in [0.1, 0.15) is 5.69 Å². The van der Waals surface area contributed by atoms with Crippen molar-refractivity contribution in [3.8, 4) is 5.69 Å². The van der Waals surface area contributed by atoms with Crippen molar-refractivity contribution < 1.29 is 4.79 Å². The number of hydrogen-bond acceptors (Lipinski definition) is 4. The van der Waals surface area contributed by atoms with Crippen LogP contribution in [0.3, 0.4) is 0 Å². The second kappa shape index (κ2) is 4.27. The summed E-state index contributed by atoms with van der Waals surface area (Å²) >= 11 is 1.66. The van der Waals surface area contributed by atoms with Gasteiger partial charge in [0, 0.05) is 4.90 Å². The summed E-state index contributed by atoms with van der Waals surface area (Å²) in [5, 5.41) is 7.56. The fourth-order valence-electron chi connectivity index (χ4n) is 1.21. The molecule has 0 spiro atoms. The Hall–Kier alpha value is -1.62. The molecular weight excluding hydrogens is 210 g/mol. The van der Waals surface area contributed by atoms with Crippen LogP contribution in [0.4, 0.5) is 0 Å². The molecule has 1 aromatic heterocycles. The number of nitrogens with zero attached hydrogens (tertiary/aromatic N) is 3. The monoisotopic (exact) mass is 219 g/mol. The van der Waals surface area contributed by atoms with Gasteiger partial charge in [-0.15, -0.1) is 16.9 Å². The van der Waals surface area contributed by atoms with Gasteiger partial charge in [0.15, 0.2) is 6.29 Å². The molecule has 4 nitrogen and oxygen atoms in total. The summed E-state index contributed by atoms with van der Waals surface area (Å²) in [6, 6.07) is 7.88. The fourth-order valence-corrected chi connectivity index (χ4v) is 1.66. The second-order valence-electron chi connectivity index (χ2n) is 2.91. The number of carbonyl (C=O) groups excluding carboxylic acids is 1. The quantitative estimate of drug-likeness (QED) is 0.583. The van der Waals surface area contributed by atoms with Gasteiger partial charge in [-0.3, -0.25) is 4.79 Å². The first-order valence-electron chi connectivity index (χ1n) is 4.35. The van der Waals surface area contributed by atoms with Gasteiger partial charge in [-0.1, -0.05) is 11.3 Å². The van der Waals surface area contributed by atoms with E-state index in [-0.39, 0.29) is 0 Å². The third-order valence-corrected chi connectivity index (χ3v) is 2.68. The molecule has 0 aliphatic heterocycles. The van der Waals surface area contributed by atoms with Crippen molar-refractivity contribution in [1.82, 2.24) is 15.0 Å². The lowest BCUT2D eigenvalue weighted by atomic mass is 10.3. The van der Waals surface area contributed by atoms with Crippen LogP contribution in [-0.2, 0) is 0 Å². The molecule has 1 heterocycles. The van der Waals surface area contributed by atoms with E-state index in [9.17, 15) is 4.79 Å². The summed E-state index contributed by atoms with van der Waals surface area (Å²) in [7, 11) is 0. The Morgan fingerprint density at radius 3 is 3.00 bits per heavy atom. The highest BCUT2D eigenvalue weighted by molar-refractivity contribution is 7.98. The summed E-state index contributed by atoms with van der Waals surface area (Å²) in [5.41, 5.74) is 1.24. The SMILES string of the molecule is CSc1cccc(-n2cc(C=O)nn2)c1. The third-order valence-electron chi connectivity index (χ3n) is 1.95. The molecule has 0 atom stereocenters. The predicted molar refractivity (Wildman–Crippen MR) is 58.5 cm³/mol. The zero-order valence-electron chi connectivity index (χ0n) is 8.12. The van der Waals surface area contributed by atoms with Crippen LogP contribution in [0.5, 0.6) is 0 Å². The van der Waals surface area contributed by atoms with E-state index in [0.29, 0.717) is 12.0 Å². The molecule has 76 valence electrons. The minimum absolute atomic E-state index is 0.338.